The van der Waals surface area contributed by atoms with Gasteiger partial charge in [0.2, 0.25) is 11.8 Å². The molecule has 0 radical (unpaired) electrons. The first-order chi connectivity index (χ1) is 12.0. The number of nitrogens with one attached hydrogen (secondary N) is 1. The molecule has 1 saturated heterocycles. The standard InChI is InChI=1S/C17H20N4O4/c1-20-15(22)8-7-12(19-20)17(24)18-11-9-16(23)21(10-11)13-5-3-4-6-14(13)25-2/h3-6,11H,7-10H2,1-2H3,(H,18,24)/t11-/m0/s1. The van der Waals surface area contributed by atoms with Gasteiger partial charge in [0.15, 0.2) is 0 Å². The summed E-state index contributed by atoms with van der Waals surface area (Å²) >= 11 is 0. The van der Waals surface area contributed by atoms with Crippen LogP contribution in [0.4, 0.5) is 5.69 Å². The summed E-state index contributed by atoms with van der Waals surface area (Å²) in [6, 6.07) is 6.96. The van der Waals surface area contributed by atoms with Crippen molar-refractivity contribution in [2.24, 2.45) is 5.10 Å². The van der Waals surface area contributed by atoms with Crippen molar-refractivity contribution in [2.45, 2.75) is 25.3 Å². The van der Waals surface area contributed by atoms with E-state index in [1.54, 1.807) is 18.1 Å². The Labute approximate surface area is 145 Å². The Hall–Kier alpha value is -2.90. The molecular weight excluding hydrogens is 324 g/mol. The van der Waals surface area contributed by atoms with Crippen molar-refractivity contribution in [3.63, 3.8) is 0 Å². The average Bonchev–Trinajstić information content (AvgIpc) is 2.97. The molecule has 2 heterocycles. The number of amides is 3. The molecule has 132 valence electrons. The highest BCUT2D eigenvalue weighted by Crippen LogP contribution is 2.31. The smallest absolute Gasteiger partial charge is 0.267 e. The van der Waals surface area contributed by atoms with Crippen LogP contribution in [-0.4, -0.2) is 55.2 Å². The molecule has 8 nitrogen and oxygen atoms in total. The van der Waals surface area contributed by atoms with Crippen molar-refractivity contribution in [1.82, 2.24) is 10.3 Å². The zero-order chi connectivity index (χ0) is 18.0. The van der Waals surface area contributed by atoms with Gasteiger partial charge in [0.1, 0.15) is 11.5 Å². The van der Waals surface area contributed by atoms with Gasteiger partial charge < -0.3 is 15.0 Å². The van der Waals surface area contributed by atoms with E-state index >= 15 is 0 Å². The van der Waals surface area contributed by atoms with Crippen molar-refractivity contribution in [3.05, 3.63) is 24.3 Å². The molecule has 1 N–H and O–H groups in total. The number of hydrogen-bond donors (Lipinski definition) is 1. The van der Waals surface area contributed by atoms with E-state index in [1.165, 1.54) is 12.1 Å². The fraction of sp³-hybridized carbons (Fsp3) is 0.412. The molecule has 1 aromatic carbocycles. The van der Waals surface area contributed by atoms with Gasteiger partial charge in [-0.2, -0.15) is 5.10 Å². The third kappa shape index (κ3) is 3.47. The van der Waals surface area contributed by atoms with Crippen LogP contribution in [0.3, 0.4) is 0 Å². The minimum atomic E-state index is -0.334. The predicted molar refractivity (Wildman–Crippen MR) is 91.3 cm³/mol. The number of ether oxygens (including phenoxy) is 1. The summed E-state index contributed by atoms with van der Waals surface area (Å²) in [6.45, 7) is 0.368. The number of nitrogens with zero attached hydrogens (tertiary/aromatic N) is 3. The third-order valence-corrected chi connectivity index (χ3v) is 4.31. The van der Waals surface area contributed by atoms with Crippen molar-refractivity contribution < 1.29 is 19.1 Å². The fourth-order valence-corrected chi connectivity index (χ4v) is 2.99. The Balaban J connectivity index is 1.68. The van der Waals surface area contributed by atoms with Gasteiger partial charge in [-0.05, 0) is 12.1 Å². The fourth-order valence-electron chi connectivity index (χ4n) is 2.99. The van der Waals surface area contributed by atoms with Crippen molar-refractivity contribution in [2.75, 3.05) is 25.6 Å². The van der Waals surface area contributed by atoms with E-state index in [1.807, 2.05) is 18.2 Å². The number of hydrazone groups is 1. The Bertz CT molecular complexity index is 746. The van der Waals surface area contributed by atoms with Crippen LogP contribution >= 0.6 is 0 Å². The van der Waals surface area contributed by atoms with Crippen LogP contribution in [0.2, 0.25) is 0 Å². The van der Waals surface area contributed by atoms with Gasteiger partial charge in [0.05, 0.1) is 18.8 Å². The monoisotopic (exact) mass is 344 g/mol. The van der Waals surface area contributed by atoms with Gasteiger partial charge in [0, 0.05) is 32.9 Å². The zero-order valence-corrected chi connectivity index (χ0v) is 14.2. The van der Waals surface area contributed by atoms with Crippen LogP contribution in [0.25, 0.3) is 0 Å². The lowest BCUT2D eigenvalue weighted by Crippen LogP contribution is -2.43. The summed E-state index contributed by atoms with van der Waals surface area (Å²) in [6.07, 6.45) is 0.789. The minimum Gasteiger partial charge on any atom is -0.495 e. The molecule has 1 atom stereocenters. The lowest BCUT2D eigenvalue weighted by molar-refractivity contribution is -0.130. The van der Waals surface area contributed by atoms with Gasteiger partial charge in [-0.3, -0.25) is 14.4 Å². The van der Waals surface area contributed by atoms with E-state index in [4.69, 9.17) is 4.74 Å². The normalized spacial score (nSPS) is 20.6. The van der Waals surface area contributed by atoms with Crippen molar-refractivity contribution in [1.29, 1.82) is 0 Å². The molecule has 8 heteroatoms. The number of carbonyl (C=O) groups is 3. The van der Waals surface area contributed by atoms with Gasteiger partial charge in [-0.1, -0.05) is 12.1 Å². The first-order valence-electron chi connectivity index (χ1n) is 8.08. The number of para-hydroxylation sites is 2. The molecule has 3 rings (SSSR count). The van der Waals surface area contributed by atoms with E-state index in [2.05, 4.69) is 10.4 Å². The number of benzene rings is 1. The molecule has 0 unspecified atom stereocenters. The summed E-state index contributed by atoms with van der Waals surface area (Å²) < 4.78 is 5.30. The molecule has 25 heavy (non-hydrogen) atoms. The second-order valence-electron chi connectivity index (χ2n) is 6.01. The maximum absolute atomic E-state index is 12.3. The number of hydrogen-bond acceptors (Lipinski definition) is 5. The van der Waals surface area contributed by atoms with E-state index < -0.39 is 0 Å². The molecule has 0 aromatic heterocycles. The number of methoxy groups -OCH3 is 1. The molecule has 1 aromatic rings. The Kier molecular flexibility index (Phi) is 4.69. The second-order valence-corrected chi connectivity index (χ2v) is 6.01. The number of anilines is 1. The first-order valence-corrected chi connectivity index (χ1v) is 8.08. The van der Waals surface area contributed by atoms with Gasteiger partial charge in [-0.15, -0.1) is 0 Å². The first kappa shape index (κ1) is 16.9. The molecule has 2 aliphatic rings. The number of rotatable bonds is 4. The van der Waals surface area contributed by atoms with Crippen LogP contribution in [0.15, 0.2) is 29.4 Å². The molecule has 0 aliphatic carbocycles. The minimum absolute atomic E-state index is 0.0762. The predicted octanol–water partition coefficient (Wildman–Crippen LogP) is 0.525. The molecule has 0 bridgehead atoms. The molecule has 0 saturated carbocycles. The van der Waals surface area contributed by atoms with E-state index in [9.17, 15) is 14.4 Å². The quantitative estimate of drug-likeness (QED) is 0.862. The molecule has 3 amide bonds. The van der Waals surface area contributed by atoms with E-state index in [0.717, 1.165) is 0 Å². The lowest BCUT2D eigenvalue weighted by atomic mass is 10.1. The highest BCUT2D eigenvalue weighted by molar-refractivity contribution is 6.39. The van der Waals surface area contributed by atoms with Crippen LogP contribution in [0.5, 0.6) is 5.75 Å². The Morgan fingerprint density at radius 1 is 1.24 bits per heavy atom. The van der Waals surface area contributed by atoms with E-state index in [0.29, 0.717) is 30.1 Å². The summed E-state index contributed by atoms with van der Waals surface area (Å²) in [5.74, 6) is 0.0845. The second kappa shape index (κ2) is 6.92. The Morgan fingerprint density at radius 3 is 2.72 bits per heavy atom. The van der Waals surface area contributed by atoms with Crippen molar-refractivity contribution >= 4 is 29.1 Å². The zero-order valence-electron chi connectivity index (χ0n) is 14.2. The molecule has 1 fully saturated rings. The summed E-state index contributed by atoms with van der Waals surface area (Å²) in [4.78, 5) is 37.7. The summed E-state index contributed by atoms with van der Waals surface area (Å²) in [7, 11) is 3.08. The topological polar surface area (TPSA) is 91.3 Å². The Morgan fingerprint density at radius 2 is 2.00 bits per heavy atom. The van der Waals surface area contributed by atoms with Crippen molar-refractivity contribution in [3.8, 4) is 5.75 Å². The highest BCUT2D eigenvalue weighted by Gasteiger charge is 2.34. The number of carbonyl (C=O) groups excluding carboxylic acids is 3. The largest absolute Gasteiger partial charge is 0.495 e. The van der Waals surface area contributed by atoms with Crippen LogP contribution in [0.1, 0.15) is 19.3 Å². The van der Waals surface area contributed by atoms with Gasteiger partial charge in [0.25, 0.3) is 5.91 Å². The maximum Gasteiger partial charge on any atom is 0.267 e. The highest BCUT2D eigenvalue weighted by atomic mass is 16.5. The average molecular weight is 344 g/mol. The van der Waals surface area contributed by atoms with Crippen LogP contribution in [0, 0.1) is 0 Å². The van der Waals surface area contributed by atoms with Crippen LogP contribution < -0.4 is 15.0 Å². The molecule has 0 spiro atoms. The molecular formula is C17H20N4O4. The summed E-state index contributed by atoms with van der Waals surface area (Å²) in [5.41, 5.74) is 0.998. The van der Waals surface area contributed by atoms with Gasteiger partial charge in [-0.25, -0.2) is 5.01 Å². The third-order valence-electron chi connectivity index (χ3n) is 4.31. The maximum atomic E-state index is 12.3. The lowest BCUT2D eigenvalue weighted by Gasteiger charge is -2.21. The van der Waals surface area contributed by atoms with E-state index in [-0.39, 0.29) is 36.6 Å². The molecule has 2 aliphatic heterocycles. The van der Waals surface area contributed by atoms with Crippen LogP contribution in [-0.2, 0) is 14.4 Å². The SMILES string of the molecule is COc1ccccc1N1C[C@@H](NC(=O)C2=NN(C)C(=O)CC2)CC1=O. The van der Waals surface area contributed by atoms with Gasteiger partial charge >= 0.3 is 0 Å². The summed E-state index contributed by atoms with van der Waals surface area (Å²) in [5, 5.41) is 8.02.